The van der Waals surface area contributed by atoms with E-state index in [9.17, 15) is 4.79 Å². The van der Waals surface area contributed by atoms with Crippen LogP contribution in [0.2, 0.25) is 0 Å². The average Bonchev–Trinajstić information content (AvgIpc) is 3.39. The van der Waals surface area contributed by atoms with Crippen molar-refractivity contribution in [1.29, 1.82) is 0 Å². The van der Waals surface area contributed by atoms with E-state index in [4.69, 9.17) is 4.74 Å². The molecule has 0 radical (unpaired) electrons. The van der Waals surface area contributed by atoms with Gasteiger partial charge in [-0.05, 0) is 42.3 Å². The molecule has 3 aromatic rings. The van der Waals surface area contributed by atoms with E-state index in [1.807, 2.05) is 49.4 Å². The molecule has 0 saturated carbocycles. The number of carbonyl (C=O) groups excluding carboxylic acids is 1. The highest BCUT2D eigenvalue weighted by molar-refractivity contribution is 5.96. The van der Waals surface area contributed by atoms with Gasteiger partial charge in [-0.15, -0.1) is 0 Å². The van der Waals surface area contributed by atoms with Crippen LogP contribution in [0.15, 0.2) is 53.7 Å². The average molecular weight is 374 g/mol. The zero-order valence-corrected chi connectivity index (χ0v) is 16.0. The lowest BCUT2D eigenvalue weighted by Gasteiger charge is -2.19. The van der Waals surface area contributed by atoms with E-state index < -0.39 is 0 Å². The van der Waals surface area contributed by atoms with Gasteiger partial charge >= 0.3 is 0 Å². The first-order valence-corrected chi connectivity index (χ1v) is 9.29. The van der Waals surface area contributed by atoms with Crippen molar-refractivity contribution in [3.05, 3.63) is 65.4 Å². The van der Waals surface area contributed by atoms with Gasteiger partial charge in [0, 0.05) is 36.3 Å². The van der Waals surface area contributed by atoms with Crippen molar-refractivity contribution < 1.29 is 9.53 Å². The minimum atomic E-state index is -0.0473. The quantitative estimate of drug-likeness (QED) is 0.715. The molecule has 1 N–H and O–H groups in total. The highest BCUT2D eigenvalue weighted by atomic mass is 16.5. The Morgan fingerprint density at radius 2 is 2.14 bits per heavy atom. The number of hydrogen-bond acceptors (Lipinski definition) is 4. The molecule has 6 heteroatoms. The fourth-order valence-electron chi connectivity index (χ4n) is 3.37. The molecule has 0 aliphatic carbocycles. The number of fused-ring (bicyclic) bond motifs is 1. The van der Waals surface area contributed by atoms with Crippen LogP contribution < -0.4 is 4.74 Å². The van der Waals surface area contributed by atoms with E-state index in [2.05, 4.69) is 15.2 Å². The van der Waals surface area contributed by atoms with Gasteiger partial charge in [-0.25, -0.2) is 0 Å². The molecule has 4 rings (SSSR count). The van der Waals surface area contributed by atoms with Gasteiger partial charge in [0.25, 0.3) is 5.91 Å². The SMILES string of the molecule is CCOc1cc(C(=O)N(C)Cc2ccc3cn[nH]c3c2)ccc1C1=CC=NC1. The first-order valence-electron chi connectivity index (χ1n) is 9.29. The van der Waals surface area contributed by atoms with Crippen LogP contribution in [0, 0.1) is 0 Å². The number of aromatic nitrogens is 2. The number of ether oxygens (including phenoxy) is 1. The Morgan fingerprint density at radius 3 is 2.93 bits per heavy atom. The number of hydrogen-bond donors (Lipinski definition) is 1. The van der Waals surface area contributed by atoms with Crippen molar-refractivity contribution in [2.45, 2.75) is 13.5 Å². The first kappa shape index (κ1) is 18.0. The molecule has 1 aromatic heterocycles. The molecule has 0 bridgehead atoms. The largest absolute Gasteiger partial charge is 0.493 e. The maximum absolute atomic E-state index is 13.0. The van der Waals surface area contributed by atoms with Crippen LogP contribution in [-0.2, 0) is 6.54 Å². The number of nitrogens with zero attached hydrogens (tertiary/aromatic N) is 3. The number of carbonyl (C=O) groups is 1. The summed E-state index contributed by atoms with van der Waals surface area (Å²) in [5.74, 6) is 0.672. The number of aromatic amines is 1. The van der Waals surface area contributed by atoms with Gasteiger partial charge in [0.15, 0.2) is 0 Å². The summed E-state index contributed by atoms with van der Waals surface area (Å²) in [7, 11) is 1.81. The standard InChI is InChI=1S/C22H22N4O2/c1-3-28-21-11-16(6-7-19(21)17-8-9-23-12-17)22(27)26(2)14-15-4-5-18-13-24-25-20(18)10-15/h4-11,13H,3,12,14H2,1-2H3,(H,24,25). The predicted octanol–water partition coefficient (Wildman–Crippen LogP) is 3.70. The van der Waals surface area contributed by atoms with Crippen LogP contribution in [0.25, 0.3) is 16.5 Å². The Labute approximate surface area is 163 Å². The second kappa shape index (κ2) is 7.68. The van der Waals surface area contributed by atoms with E-state index >= 15 is 0 Å². The second-order valence-electron chi connectivity index (χ2n) is 6.78. The van der Waals surface area contributed by atoms with E-state index in [-0.39, 0.29) is 5.91 Å². The Morgan fingerprint density at radius 1 is 1.25 bits per heavy atom. The van der Waals surface area contributed by atoms with Gasteiger partial charge in [0.1, 0.15) is 5.75 Å². The maximum atomic E-state index is 13.0. The van der Waals surface area contributed by atoms with Crippen molar-refractivity contribution in [2.75, 3.05) is 20.2 Å². The van der Waals surface area contributed by atoms with Gasteiger partial charge in [0.2, 0.25) is 0 Å². The molecule has 0 atom stereocenters. The summed E-state index contributed by atoms with van der Waals surface area (Å²) in [6.45, 7) is 3.64. The van der Waals surface area contributed by atoms with Gasteiger partial charge in [0.05, 0.1) is 24.9 Å². The summed E-state index contributed by atoms with van der Waals surface area (Å²) in [5.41, 5.74) is 4.71. The van der Waals surface area contributed by atoms with Crippen molar-refractivity contribution >= 4 is 28.6 Å². The second-order valence-corrected chi connectivity index (χ2v) is 6.78. The van der Waals surface area contributed by atoms with Crippen molar-refractivity contribution in [3.8, 4) is 5.75 Å². The Hall–Kier alpha value is -3.41. The Bertz CT molecular complexity index is 1080. The number of nitrogens with one attached hydrogen (secondary N) is 1. The van der Waals surface area contributed by atoms with Gasteiger partial charge in [-0.3, -0.25) is 14.9 Å². The van der Waals surface area contributed by atoms with Crippen LogP contribution in [0.5, 0.6) is 5.75 Å². The summed E-state index contributed by atoms with van der Waals surface area (Å²) in [4.78, 5) is 18.9. The third-order valence-corrected chi connectivity index (χ3v) is 4.79. The highest BCUT2D eigenvalue weighted by Crippen LogP contribution is 2.29. The summed E-state index contributed by atoms with van der Waals surface area (Å²) >= 11 is 0. The molecule has 0 saturated heterocycles. The lowest BCUT2D eigenvalue weighted by molar-refractivity contribution is 0.0784. The van der Waals surface area contributed by atoms with Crippen LogP contribution in [0.3, 0.4) is 0 Å². The molecule has 6 nitrogen and oxygen atoms in total. The van der Waals surface area contributed by atoms with Gasteiger partial charge < -0.3 is 9.64 Å². The minimum absolute atomic E-state index is 0.0473. The Balaban J connectivity index is 1.55. The molecule has 1 amide bonds. The summed E-state index contributed by atoms with van der Waals surface area (Å²) in [5, 5.41) is 8.06. The van der Waals surface area contributed by atoms with E-state index in [1.165, 1.54) is 0 Å². The normalized spacial score (nSPS) is 13.0. The number of benzene rings is 2. The van der Waals surface area contributed by atoms with Crippen molar-refractivity contribution in [3.63, 3.8) is 0 Å². The van der Waals surface area contributed by atoms with E-state index in [1.54, 1.807) is 24.4 Å². The number of allylic oxidation sites excluding steroid dienone is 1. The third-order valence-electron chi connectivity index (χ3n) is 4.79. The molecule has 0 unspecified atom stereocenters. The predicted molar refractivity (Wildman–Crippen MR) is 111 cm³/mol. The molecule has 0 spiro atoms. The molecule has 142 valence electrons. The zero-order valence-electron chi connectivity index (χ0n) is 16.0. The van der Waals surface area contributed by atoms with Gasteiger partial charge in [-0.2, -0.15) is 5.10 Å². The van der Waals surface area contributed by atoms with Crippen LogP contribution in [-0.4, -0.2) is 47.4 Å². The molecular weight excluding hydrogens is 352 g/mol. The molecule has 1 aliphatic rings. The topological polar surface area (TPSA) is 70.6 Å². The van der Waals surface area contributed by atoms with Crippen LogP contribution in [0.4, 0.5) is 0 Å². The van der Waals surface area contributed by atoms with E-state index in [0.29, 0.717) is 25.3 Å². The molecule has 28 heavy (non-hydrogen) atoms. The molecule has 2 heterocycles. The number of rotatable bonds is 6. The lowest BCUT2D eigenvalue weighted by Crippen LogP contribution is -2.26. The van der Waals surface area contributed by atoms with Crippen LogP contribution >= 0.6 is 0 Å². The van der Waals surface area contributed by atoms with E-state index in [0.717, 1.165) is 33.4 Å². The van der Waals surface area contributed by atoms with Crippen molar-refractivity contribution in [1.82, 2.24) is 15.1 Å². The molecule has 0 fully saturated rings. The summed E-state index contributed by atoms with van der Waals surface area (Å²) in [6.07, 6.45) is 5.57. The molecular formula is C22H22N4O2. The number of H-pyrrole nitrogens is 1. The number of amides is 1. The lowest BCUT2D eigenvalue weighted by atomic mass is 10.0. The zero-order chi connectivity index (χ0) is 19.5. The monoisotopic (exact) mass is 374 g/mol. The molecule has 1 aliphatic heterocycles. The fraction of sp³-hybridized carbons (Fsp3) is 0.227. The van der Waals surface area contributed by atoms with Crippen molar-refractivity contribution in [2.24, 2.45) is 4.99 Å². The maximum Gasteiger partial charge on any atom is 0.254 e. The summed E-state index contributed by atoms with van der Waals surface area (Å²) < 4.78 is 5.80. The minimum Gasteiger partial charge on any atom is -0.493 e. The first-order chi connectivity index (χ1) is 13.7. The molecule has 2 aromatic carbocycles. The number of aliphatic imine (C=N–C) groups is 1. The van der Waals surface area contributed by atoms with Crippen LogP contribution in [0.1, 0.15) is 28.4 Å². The smallest absolute Gasteiger partial charge is 0.254 e. The third kappa shape index (κ3) is 3.53. The van der Waals surface area contributed by atoms with Gasteiger partial charge in [-0.1, -0.05) is 18.2 Å². The fourth-order valence-corrected chi connectivity index (χ4v) is 3.37. The highest BCUT2D eigenvalue weighted by Gasteiger charge is 2.17. The Kier molecular flexibility index (Phi) is 4.93. The summed E-state index contributed by atoms with van der Waals surface area (Å²) in [6, 6.07) is 11.7.